The Labute approximate surface area is 112 Å². The molecule has 3 aromatic rings. The molecule has 0 unspecified atom stereocenters. The fourth-order valence-electron chi connectivity index (χ4n) is 2.70. The first-order valence-electron chi connectivity index (χ1n) is 6.29. The molecule has 0 saturated heterocycles. The minimum atomic E-state index is 0.878. The lowest BCUT2D eigenvalue weighted by molar-refractivity contribution is -0.673. The van der Waals surface area contributed by atoms with Crippen LogP contribution < -0.4 is 9.05 Å². The minimum absolute atomic E-state index is 0.878. The molecular weight excluding hydrogens is 233 g/mol. The van der Waals surface area contributed by atoms with Crippen LogP contribution in [-0.2, 0) is 6.54 Å². The topological polar surface area (TPSA) is 12.7 Å². The number of fused-ring (bicyclic) bond motifs is 3. The highest BCUT2D eigenvalue weighted by Crippen LogP contribution is 2.23. The van der Waals surface area contributed by atoms with Crippen molar-refractivity contribution in [3.05, 3.63) is 66.7 Å². The zero-order valence-electron chi connectivity index (χ0n) is 10.4. The van der Waals surface area contributed by atoms with Gasteiger partial charge in [0.2, 0.25) is 17.7 Å². The summed E-state index contributed by atoms with van der Waals surface area (Å²) < 4.78 is 6.05. The summed E-state index contributed by atoms with van der Waals surface area (Å²) in [5.74, 6) is 0. The molecular formula is C15H12BN3+2. The van der Waals surface area contributed by atoms with Crippen molar-refractivity contribution in [2.24, 2.45) is 0 Å². The number of rotatable bonds is 1. The predicted octanol–water partition coefficient (Wildman–Crippen LogP) is 1.01. The molecule has 0 bridgehead atoms. The Balaban J connectivity index is 1.89. The van der Waals surface area contributed by atoms with Crippen LogP contribution in [0, 0.1) is 0 Å². The van der Waals surface area contributed by atoms with E-state index < -0.39 is 0 Å². The predicted molar refractivity (Wildman–Crippen MR) is 71.8 cm³/mol. The van der Waals surface area contributed by atoms with E-state index in [9.17, 15) is 0 Å². The Hall–Kier alpha value is -2.36. The zero-order valence-corrected chi connectivity index (χ0v) is 10.4. The van der Waals surface area contributed by atoms with Crippen LogP contribution in [0.3, 0.4) is 0 Å². The second kappa shape index (κ2) is 3.82. The second-order valence-corrected chi connectivity index (χ2v) is 4.79. The van der Waals surface area contributed by atoms with Gasteiger partial charge in [0.15, 0.2) is 0 Å². The highest BCUT2D eigenvalue weighted by Gasteiger charge is 2.32. The average molecular weight is 245 g/mol. The van der Waals surface area contributed by atoms with Crippen LogP contribution in [0.25, 0.3) is 17.1 Å². The summed E-state index contributed by atoms with van der Waals surface area (Å²) in [5, 5.41) is 0. The van der Waals surface area contributed by atoms with Crippen LogP contribution in [-0.4, -0.2) is 12.5 Å². The molecule has 88 valence electrons. The lowest BCUT2D eigenvalue weighted by atomic mass is 10.1. The summed E-state index contributed by atoms with van der Waals surface area (Å²) in [7, 11) is 6.03. The first kappa shape index (κ1) is 10.6. The number of aromatic nitrogens is 3. The number of pyridine rings is 1. The number of benzene rings is 1. The fraction of sp³-hybridized carbons (Fsp3) is 0.0667. The summed E-state index contributed by atoms with van der Waals surface area (Å²) in [6.45, 7) is 0.878. The third-order valence-corrected chi connectivity index (χ3v) is 3.58. The van der Waals surface area contributed by atoms with Gasteiger partial charge < -0.3 is 0 Å². The molecule has 0 atom stereocenters. The summed E-state index contributed by atoms with van der Waals surface area (Å²) in [4.78, 5) is 0. The van der Waals surface area contributed by atoms with E-state index in [1.807, 2.05) is 30.5 Å². The minimum Gasteiger partial charge on any atom is -0.282 e. The number of nitrogens with zero attached hydrogens (tertiary/aromatic N) is 3. The molecule has 0 N–H and O–H groups in total. The zero-order chi connectivity index (χ0) is 12.8. The van der Waals surface area contributed by atoms with Crippen molar-refractivity contribution in [2.45, 2.75) is 6.54 Å². The number of hydrogen-bond acceptors (Lipinski definition) is 0. The Morgan fingerprint density at radius 3 is 2.74 bits per heavy atom. The molecule has 1 aromatic carbocycles. The van der Waals surface area contributed by atoms with Crippen molar-refractivity contribution < 1.29 is 9.05 Å². The van der Waals surface area contributed by atoms with Gasteiger partial charge in [-0.15, -0.1) is 0 Å². The van der Waals surface area contributed by atoms with Crippen LogP contribution in [0.1, 0.15) is 5.56 Å². The molecule has 2 aromatic heterocycles. The summed E-state index contributed by atoms with van der Waals surface area (Å²) in [5.41, 5.74) is 4.67. The highest BCUT2D eigenvalue weighted by atomic mass is 15.2. The standard InChI is InChI=1S/C15H12BN3/c16-19-8-4-5-12-9-18-11-17(10-14(18)15(12)19)13-6-2-1-3-7-13/h1-8,10-11H,9H2/q+2. The van der Waals surface area contributed by atoms with Crippen LogP contribution in [0.4, 0.5) is 0 Å². The van der Waals surface area contributed by atoms with Gasteiger partial charge >= 0.3 is 7.98 Å². The number of para-hydroxylation sites is 1. The summed E-state index contributed by atoms with van der Waals surface area (Å²) in [6.07, 6.45) is 6.13. The maximum Gasteiger partial charge on any atom is 0.587 e. The van der Waals surface area contributed by atoms with Crippen molar-refractivity contribution >= 4 is 7.98 Å². The van der Waals surface area contributed by atoms with Crippen molar-refractivity contribution in [3.63, 3.8) is 0 Å². The van der Waals surface area contributed by atoms with Crippen molar-refractivity contribution in [1.82, 2.24) is 4.57 Å². The van der Waals surface area contributed by atoms with E-state index in [1.54, 1.807) is 4.48 Å². The summed E-state index contributed by atoms with van der Waals surface area (Å²) >= 11 is 0. The Kier molecular flexibility index (Phi) is 2.12. The smallest absolute Gasteiger partial charge is 0.282 e. The largest absolute Gasteiger partial charge is 0.587 e. The molecule has 2 radical (unpaired) electrons. The molecule has 1 aliphatic rings. The Bertz CT molecular complexity index is 762. The SMILES string of the molecule is [B][n+]1cccc2c1-c1cn(-c3ccccc3)c[n+]1C2. The van der Waals surface area contributed by atoms with Gasteiger partial charge in [-0.3, -0.25) is 4.48 Å². The monoisotopic (exact) mass is 245 g/mol. The molecule has 19 heavy (non-hydrogen) atoms. The van der Waals surface area contributed by atoms with Gasteiger partial charge in [0.05, 0.1) is 5.56 Å². The third-order valence-electron chi connectivity index (χ3n) is 3.58. The first-order valence-corrected chi connectivity index (χ1v) is 6.29. The van der Waals surface area contributed by atoms with Crippen molar-refractivity contribution in [2.75, 3.05) is 0 Å². The van der Waals surface area contributed by atoms with Crippen LogP contribution in [0.2, 0.25) is 0 Å². The molecule has 0 aliphatic carbocycles. The molecule has 0 saturated carbocycles. The third kappa shape index (κ3) is 1.53. The van der Waals surface area contributed by atoms with Gasteiger partial charge in [-0.25, -0.2) is 9.13 Å². The van der Waals surface area contributed by atoms with Gasteiger partial charge in [0.1, 0.15) is 24.6 Å². The van der Waals surface area contributed by atoms with Gasteiger partial charge in [-0.05, 0) is 18.2 Å². The van der Waals surface area contributed by atoms with Crippen molar-refractivity contribution in [1.29, 1.82) is 0 Å². The van der Waals surface area contributed by atoms with Gasteiger partial charge in [-0.2, -0.15) is 0 Å². The van der Waals surface area contributed by atoms with Crippen LogP contribution in [0.15, 0.2) is 61.2 Å². The lowest BCUT2D eigenvalue weighted by Crippen LogP contribution is -2.34. The molecule has 4 heteroatoms. The number of hydrogen-bond donors (Lipinski definition) is 0. The van der Waals surface area contributed by atoms with E-state index in [0.29, 0.717) is 0 Å². The maximum absolute atomic E-state index is 6.03. The van der Waals surface area contributed by atoms with Crippen LogP contribution in [0.5, 0.6) is 0 Å². The molecule has 0 amide bonds. The lowest BCUT2D eigenvalue weighted by Gasteiger charge is -1.96. The molecule has 0 spiro atoms. The first-order chi connectivity index (χ1) is 9.33. The molecule has 4 rings (SSSR count). The van der Waals surface area contributed by atoms with Gasteiger partial charge in [-0.1, -0.05) is 18.2 Å². The second-order valence-electron chi connectivity index (χ2n) is 4.79. The van der Waals surface area contributed by atoms with Gasteiger partial charge in [0, 0.05) is 6.07 Å². The van der Waals surface area contributed by atoms with E-state index in [2.05, 4.69) is 39.9 Å². The summed E-state index contributed by atoms with van der Waals surface area (Å²) in [6, 6.07) is 14.4. The van der Waals surface area contributed by atoms with E-state index in [1.165, 1.54) is 5.56 Å². The Morgan fingerprint density at radius 1 is 1.05 bits per heavy atom. The van der Waals surface area contributed by atoms with Gasteiger partial charge in [0.25, 0.3) is 0 Å². The molecule has 1 aliphatic heterocycles. The van der Waals surface area contributed by atoms with Crippen molar-refractivity contribution in [3.8, 4) is 17.1 Å². The van der Waals surface area contributed by atoms with E-state index in [4.69, 9.17) is 7.98 Å². The average Bonchev–Trinajstić information content (AvgIpc) is 2.97. The molecule has 3 heterocycles. The quantitative estimate of drug-likeness (QED) is 0.350. The fourth-order valence-corrected chi connectivity index (χ4v) is 2.70. The van der Waals surface area contributed by atoms with E-state index >= 15 is 0 Å². The highest BCUT2D eigenvalue weighted by molar-refractivity contribution is 5.96. The molecule has 0 fully saturated rings. The van der Waals surface area contributed by atoms with Crippen LogP contribution >= 0.6 is 0 Å². The van der Waals surface area contributed by atoms with E-state index in [-0.39, 0.29) is 0 Å². The van der Waals surface area contributed by atoms with E-state index in [0.717, 1.165) is 23.6 Å². The molecule has 3 nitrogen and oxygen atoms in total. The Morgan fingerprint density at radius 2 is 1.89 bits per heavy atom. The maximum atomic E-state index is 6.03. The number of imidazole rings is 1. The normalized spacial score (nSPS) is 12.2.